The van der Waals surface area contributed by atoms with Crippen LogP contribution in [-0.2, 0) is 15.0 Å². The summed E-state index contributed by atoms with van der Waals surface area (Å²) >= 11 is 6.38. The second kappa shape index (κ2) is 6.57. The summed E-state index contributed by atoms with van der Waals surface area (Å²) in [6, 6.07) is 13.1. The molecule has 0 saturated carbocycles. The molecule has 30 heavy (non-hydrogen) atoms. The molecule has 2 amide bonds. The van der Waals surface area contributed by atoms with Gasteiger partial charge in [0.2, 0.25) is 11.8 Å². The van der Waals surface area contributed by atoms with Crippen molar-refractivity contribution in [3.05, 3.63) is 83.0 Å². The van der Waals surface area contributed by atoms with Crippen LogP contribution in [0.3, 0.4) is 0 Å². The third-order valence-electron chi connectivity index (χ3n) is 5.88. The summed E-state index contributed by atoms with van der Waals surface area (Å²) in [5, 5.41) is 7.92. The molecule has 6 nitrogen and oxygen atoms in total. The normalized spacial score (nSPS) is 19.6. The van der Waals surface area contributed by atoms with Gasteiger partial charge >= 0.3 is 0 Å². The Hall–Kier alpha value is -3.38. The van der Waals surface area contributed by atoms with Gasteiger partial charge < -0.3 is 10.2 Å². The third-order valence-corrected chi connectivity index (χ3v) is 6.20. The van der Waals surface area contributed by atoms with Gasteiger partial charge in [0.1, 0.15) is 11.2 Å². The molecule has 2 aromatic carbocycles. The number of nitrogens with one attached hydrogen (secondary N) is 1. The molecule has 7 heteroatoms. The Morgan fingerprint density at radius 2 is 2.00 bits per heavy atom. The van der Waals surface area contributed by atoms with E-state index in [9.17, 15) is 9.59 Å². The van der Waals surface area contributed by atoms with Gasteiger partial charge in [-0.15, -0.1) is 6.58 Å². The average molecular weight is 419 g/mol. The molecule has 0 bridgehead atoms. The van der Waals surface area contributed by atoms with Crippen LogP contribution >= 0.6 is 11.6 Å². The van der Waals surface area contributed by atoms with E-state index < -0.39 is 5.41 Å². The van der Waals surface area contributed by atoms with Gasteiger partial charge in [-0.05, 0) is 30.2 Å². The van der Waals surface area contributed by atoms with Gasteiger partial charge in [-0.1, -0.05) is 48.0 Å². The van der Waals surface area contributed by atoms with E-state index in [4.69, 9.17) is 11.6 Å². The van der Waals surface area contributed by atoms with Crippen molar-refractivity contribution in [2.75, 3.05) is 16.8 Å². The molecule has 2 aliphatic heterocycles. The second-order valence-corrected chi connectivity index (χ2v) is 7.98. The van der Waals surface area contributed by atoms with Crippen LogP contribution in [0.15, 0.2) is 61.3 Å². The van der Waals surface area contributed by atoms with E-state index in [1.54, 1.807) is 27.9 Å². The summed E-state index contributed by atoms with van der Waals surface area (Å²) < 4.78 is 1.59. The fraction of sp³-hybridized carbons (Fsp3) is 0.174. The van der Waals surface area contributed by atoms with E-state index in [0.29, 0.717) is 28.6 Å². The highest BCUT2D eigenvalue weighted by molar-refractivity contribution is 6.32. The van der Waals surface area contributed by atoms with Crippen molar-refractivity contribution in [2.45, 2.75) is 18.8 Å². The molecule has 1 spiro atoms. The maximum Gasteiger partial charge on any atom is 0.243 e. The Labute approximate surface area is 178 Å². The Kier molecular flexibility index (Phi) is 4.08. The van der Waals surface area contributed by atoms with Crippen LogP contribution < -0.4 is 10.2 Å². The lowest BCUT2D eigenvalue weighted by molar-refractivity contribution is -0.126. The number of amides is 2. The quantitative estimate of drug-likeness (QED) is 0.654. The smallest absolute Gasteiger partial charge is 0.243 e. The van der Waals surface area contributed by atoms with Crippen LogP contribution in [0.5, 0.6) is 0 Å². The van der Waals surface area contributed by atoms with Gasteiger partial charge in [-0.25, -0.2) is 4.68 Å². The number of hydrogen-bond acceptors (Lipinski definition) is 3. The van der Waals surface area contributed by atoms with Gasteiger partial charge in [0.15, 0.2) is 0 Å². The number of benzene rings is 2. The second-order valence-electron chi connectivity index (χ2n) is 7.58. The number of fused-ring (bicyclic) bond motifs is 4. The van der Waals surface area contributed by atoms with Crippen molar-refractivity contribution in [3.8, 4) is 5.69 Å². The number of hydrogen-bond donors (Lipinski definition) is 1. The first-order chi connectivity index (χ1) is 14.5. The zero-order valence-electron chi connectivity index (χ0n) is 16.4. The minimum Gasteiger partial charge on any atom is -0.310 e. The molecule has 1 aromatic heterocycles. The van der Waals surface area contributed by atoms with Gasteiger partial charge in [-0.3, -0.25) is 9.59 Å². The maximum atomic E-state index is 13.8. The van der Waals surface area contributed by atoms with E-state index in [0.717, 1.165) is 16.8 Å². The lowest BCUT2D eigenvalue weighted by atomic mass is 9.71. The summed E-state index contributed by atoms with van der Waals surface area (Å²) in [6.07, 6.45) is 3.39. The fourth-order valence-corrected chi connectivity index (χ4v) is 4.86. The van der Waals surface area contributed by atoms with Crippen molar-refractivity contribution >= 4 is 34.9 Å². The molecular formula is C23H19ClN4O2. The molecule has 5 rings (SSSR count). The Balaban J connectivity index is 1.80. The number of carbonyl (C=O) groups excluding carboxylic acids is 2. The minimum atomic E-state index is -1.12. The topological polar surface area (TPSA) is 67.2 Å². The zero-order chi connectivity index (χ0) is 21.0. The molecule has 0 saturated heterocycles. The first kappa shape index (κ1) is 18.6. The van der Waals surface area contributed by atoms with E-state index in [1.165, 1.54) is 0 Å². The molecule has 150 valence electrons. The summed E-state index contributed by atoms with van der Waals surface area (Å²) in [6.45, 7) is 6.14. The third kappa shape index (κ3) is 2.34. The molecule has 1 atom stereocenters. The molecule has 3 aromatic rings. The maximum absolute atomic E-state index is 13.8. The highest BCUT2D eigenvalue weighted by Gasteiger charge is 2.57. The zero-order valence-corrected chi connectivity index (χ0v) is 17.1. The number of aryl methyl sites for hydroxylation is 1. The summed E-state index contributed by atoms with van der Waals surface area (Å²) in [4.78, 5) is 28.4. The molecule has 0 radical (unpaired) electrons. The highest BCUT2D eigenvalue weighted by atomic mass is 35.5. The van der Waals surface area contributed by atoms with Gasteiger partial charge in [0.05, 0.1) is 22.6 Å². The molecule has 0 aliphatic carbocycles. The van der Waals surface area contributed by atoms with Gasteiger partial charge in [-0.2, -0.15) is 5.10 Å². The van der Waals surface area contributed by atoms with Crippen molar-refractivity contribution in [3.63, 3.8) is 0 Å². The molecule has 0 fully saturated rings. The molecule has 1 unspecified atom stereocenters. The minimum absolute atomic E-state index is 0.0249. The van der Waals surface area contributed by atoms with Crippen LogP contribution in [0.4, 0.5) is 11.5 Å². The Bertz CT molecular complexity index is 1230. The van der Waals surface area contributed by atoms with E-state index in [-0.39, 0.29) is 18.2 Å². The number of para-hydroxylation sites is 2. The Morgan fingerprint density at radius 3 is 2.77 bits per heavy atom. The van der Waals surface area contributed by atoms with Crippen molar-refractivity contribution < 1.29 is 9.59 Å². The van der Waals surface area contributed by atoms with Crippen LogP contribution in [0.1, 0.15) is 23.1 Å². The van der Waals surface area contributed by atoms with Gasteiger partial charge in [0, 0.05) is 18.5 Å². The summed E-state index contributed by atoms with van der Waals surface area (Å²) in [5.74, 6) is 0.0969. The molecular weight excluding hydrogens is 400 g/mol. The number of nitrogens with zero attached hydrogens (tertiary/aromatic N) is 3. The van der Waals surface area contributed by atoms with E-state index in [1.807, 2.05) is 43.3 Å². The van der Waals surface area contributed by atoms with Crippen molar-refractivity contribution in [2.24, 2.45) is 0 Å². The summed E-state index contributed by atoms with van der Waals surface area (Å²) in [5.41, 5.74) is 2.83. The number of rotatable bonds is 3. The first-order valence-electron chi connectivity index (χ1n) is 9.65. The first-order valence-corrected chi connectivity index (χ1v) is 10.0. The standard InChI is InChI=1S/C23H19ClN4O2/c1-3-11-27-20-14(2)7-6-8-15(20)23(22(27)30)12-19(29)26-21-16(23)13-25-28(21)18-10-5-4-9-17(18)24/h3-10,13H,1,11-12H2,2H3,(H,26,29). The number of aromatic nitrogens is 2. The fourth-order valence-electron chi connectivity index (χ4n) is 4.64. The predicted molar refractivity (Wildman–Crippen MR) is 116 cm³/mol. The molecule has 3 heterocycles. The molecule has 1 N–H and O–H groups in total. The highest BCUT2D eigenvalue weighted by Crippen LogP contribution is 2.53. The van der Waals surface area contributed by atoms with E-state index >= 15 is 0 Å². The predicted octanol–water partition coefficient (Wildman–Crippen LogP) is 4.00. The number of halogens is 1. The average Bonchev–Trinajstić information content (AvgIpc) is 3.24. The van der Waals surface area contributed by atoms with Crippen LogP contribution in [0.25, 0.3) is 5.69 Å². The molecule has 2 aliphatic rings. The van der Waals surface area contributed by atoms with Gasteiger partial charge in [0.25, 0.3) is 0 Å². The lowest BCUT2D eigenvalue weighted by Gasteiger charge is -2.32. The SMILES string of the molecule is C=CCN1C(=O)C2(CC(=O)Nc3c2cnn3-c2ccccc2Cl)c2cccc(C)c21. The monoisotopic (exact) mass is 418 g/mol. The summed E-state index contributed by atoms with van der Waals surface area (Å²) in [7, 11) is 0. The largest absolute Gasteiger partial charge is 0.310 e. The van der Waals surface area contributed by atoms with Crippen LogP contribution in [-0.4, -0.2) is 28.1 Å². The van der Waals surface area contributed by atoms with Crippen LogP contribution in [0, 0.1) is 6.92 Å². The van der Waals surface area contributed by atoms with Crippen molar-refractivity contribution in [1.29, 1.82) is 0 Å². The number of anilines is 2. The lowest BCUT2D eigenvalue weighted by Crippen LogP contribution is -2.46. The van der Waals surface area contributed by atoms with Crippen molar-refractivity contribution in [1.82, 2.24) is 9.78 Å². The van der Waals surface area contributed by atoms with E-state index in [2.05, 4.69) is 17.0 Å². The van der Waals surface area contributed by atoms with Crippen LogP contribution in [0.2, 0.25) is 5.02 Å². The number of carbonyl (C=O) groups is 2. The Morgan fingerprint density at radius 1 is 1.20 bits per heavy atom.